The molecule has 0 spiro atoms. The van der Waals surface area contributed by atoms with Gasteiger partial charge in [-0.05, 0) is 44.5 Å². The minimum atomic E-state index is -0.151. The Labute approximate surface area is 182 Å². The molecular formula is C22H29ClN4O3. The van der Waals surface area contributed by atoms with Crippen LogP contribution in [-0.4, -0.2) is 53.4 Å². The van der Waals surface area contributed by atoms with E-state index in [1.54, 1.807) is 25.3 Å². The number of benzene rings is 1. The number of halogens is 1. The van der Waals surface area contributed by atoms with E-state index in [1.165, 1.54) is 11.3 Å². The summed E-state index contributed by atoms with van der Waals surface area (Å²) in [4.78, 5) is 15.2. The summed E-state index contributed by atoms with van der Waals surface area (Å²) in [7, 11) is 1.56. The zero-order chi connectivity index (χ0) is 21.1. The number of nitrogens with zero attached hydrogens (tertiary/aromatic N) is 3. The summed E-state index contributed by atoms with van der Waals surface area (Å²) >= 11 is 6.08. The summed E-state index contributed by atoms with van der Waals surface area (Å²) in [5, 5.41) is 8.53. The van der Waals surface area contributed by atoms with Gasteiger partial charge in [0, 0.05) is 48.4 Å². The SMILES string of the molecule is CCn1nc(CN2CCCC(NC(=O)c3cc(Cl)ccc3OC)C2)c2c1CCOC2. The van der Waals surface area contributed by atoms with E-state index in [0.717, 1.165) is 57.7 Å². The molecule has 4 rings (SSSR count). The number of aryl methyl sites for hydroxylation is 1. The average molecular weight is 433 g/mol. The van der Waals surface area contributed by atoms with Gasteiger partial charge >= 0.3 is 0 Å². The fraction of sp³-hybridized carbons (Fsp3) is 0.545. The van der Waals surface area contributed by atoms with E-state index in [0.29, 0.717) is 22.9 Å². The molecule has 1 aromatic heterocycles. The van der Waals surface area contributed by atoms with Gasteiger partial charge in [-0.15, -0.1) is 0 Å². The van der Waals surface area contributed by atoms with E-state index in [2.05, 4.69) is 21.8 Å². The minimum Gasteiger partial charge on any atom is -0.496 e. The Morgan fingerprint density at radius 2 is 2.30 bits per heavy atom. The maximum atomic E-state index is 12.8. The van der Waals surface area contributed by atoms with Crippen molar-refractivity contribution in [2.75, 3.05) is 26.8 Å². The summed E-state index contributed by atoms with van der Waals surface area (Å²) in [5.74, 6) is 0.378. The highest BCUT2D eigenvalue weighted by Gasteiger charge is 2.26. The maximum Gasteiger partial charge on any atom is 0.255 e. The molecule has 0 aliphatic carbocycles. The first-order valence-electron chi connectivity index (χ1n) is 10.6. The van der Waals surface area contributed by atoms with Crippen LogP contribution in [0.3, 0.4) is 0 Å². The second-order valence-corrected chi connectivity index (χ2v) is 8.32. The van der Waals surface area contributed by atoms with Crippen LogP contribution in [0.2, 0.25) is 5.02 Å². The fourth-order valence-electron chi connectivity index (χ4n) is 4.42. The van der Waals surface area contributed by atoms with Gasteiger partial charge in [-0.25, -0.2) is 0 Å². The summed E-state index contributed by atoms with van der Waals surface area (Å²) in [6, 6.07) is 5.18. The Bertz CT molecular complexity index is 914. The standard InChI is InChI=1S/C22H29ClN4O3/c1-3-27-20-8-10-30-14-18(20)19(25-27)13-26-9-4-5-16(12-26)24-22(28)17-11-15(23)6-7-21(17)29-2/h6-7,11,16H,3-5,8-10,12-14H2,1-2H3,(H,24,28). The number of carbonyl (C=O) groups excluding carboxylic acids is 1. The molecule has 1 saturated heterocycles. The largest absolute Gasteiger partial charge is 0.496 e. The van der Waals surface area contributed by atoms with Crippen molar-refractivity contribution in [2.24, 2.45) is 0 Å². The van der Waals surface area contributed by atoms with Crippen molar-refractivity contribution in [3.05, 3.63) is 45.7 Å². The van der Waals surface area contributed by atoms with Crippen molar-refractivity contribution in [3.8, 4) is 5.75 Å². The first kappa shape index (κ1) is 21.2. The molecule has 30 heavy (non-hydrogen) atoms. The number of methoxy groups -OCH3 is 1. The predicted molar refractivity (Wildman–Crippen MR) is 115 cm³/mol. The van der Waals surface area contributed by atoms with Gasteiger partial charge in [0.25, 0.3) is 5.91 Å². The summed E-state index contributed by atoms with van der Waals surface area (Å²) < 4.78 is 13.1. The lowest BCUT2D eigenvalue weighted by atomic mass is 10.0. The molecule has 1 atom stereocenters. The van der Waals surface area contributed by atoms with Crippen molar-refractivity contribution in [2.45, 2.75) is 51.9 Å². The number of carbonyl (C=O) groups is 1. The lowest BCUT2D eigenvalue weighted by Gasteiger charge is -2.33. The van der Waals surface area contributed by atoms with Gasteiger partial charge in [-0.3, -0.25) is 14.4 Å². The van der Waals surface area contributed by atoms with E-state index in [4.69, 9.17) is 26.2 Å². The number of hydrogen-bond acceptors (Lipinski definition) is 5. The second kappa shape index (κ2) is 9.37. The van der Waals surface area contributed by atoms with Crippen molar-refractivity contribution >= 4 is 17.5 Å². The van der Waals surface area contributed by atoms with Crippen LogP contribution in [0.5, 0.6) is 5.75 Å². The highest BCUT2D eigenvalue weighted by atomic mass is 35.5. The normalized spacial score (nSPS) is 19.4. The highest BCUT2D eigenvalue weighted by molar-refractivity contribution is 6.31. The molecule has 7 nitrogen and oxygen atoms in total. The first-order valence-corrected chi connectivity index (χ1v) is 11.0. The van der Waals surface area contributed by atoms with Crippen LogP contribution in [-0.2, 0) is 30.9 Å². The number of piperidine rings is 1. The van der Waals surface area contributed by atoms with Gasteiger partial charge in [0.05, 0.1) is 31.6 Å². The smallest absolute Gasteiger partial charge is 0.255 e. The molecule has 1 amide bonds. The molecule has 0 saturated carbocycles. The molecule has 2 aromatic rings. The minimum absolute atomic E-state index is 0.0790. The molecule has 1 aromatic carbocycles. The lowest BCUT2D eigenvalue weighted by molar-refractivity contribution is 0.0895. The van der Waals surface area contributed by atoms with E-state index >= 15 is 0 Å². The van der Waals surface area contributed by atoms with Crippen molar-refractivity contribution in [3.63, 3.8) is 0 Å². The van der Waals surface area contributed by atoms with E-state index in [9.17, 15) is 4.79 Å². The monoisotopic (exact) mass is 432 g/mol. The van der Waals surface area contributed by atoms with Crippen LogP contribution < -0.4 is 10.1 Å². The molecule has 1 N–H and O–H groups in total. The Balaban J connectivity index is 1.43. The fourth-order valence-corrected chi connectivity index (χ4v) is 4.59. The third-order valence-corrected chi connectivity index (χ3v) is 6.13. The molecule has 162 valence electrons. The topological polar surface area (TPSA) is 68.6 Å². The molecule has 0 bridgehead atoms. The average Bonchev–Trinajstić information content (AvgIpc) is 3.11. The Hall–Kier alpha value is -2.09. The van der Waals surface area contributed by atoms with Crippen molar-refractivity contribution in [1.82, 2.24) is 20.0 Å². The van der Waals surface area contributed by atoms with Crippen molar-refractivity contribution in [1.29, 1.82) is 0 Å². The molecule has 1 unspecified atom stereocenters. The van der Waals surface area contributed by atoms with Gasteiger partial charge in [0.1, 0.15) is 5.75 Å². The molecule has 0 radical (unpaired) electrons. The quantitative estimate of drug-likeness (QED) is 0.759. The zero-order valence-corrected chi connectivity index (χ0v) is 18.4. The van der Waals surface area contributed by atoms with Crippen LogP contribution in [0.1, 0.15) is 47.1 Å². The number of nitrogens with one attached hydrogen (secondary N) is 1. The van der Waals surface area contributed by atoms with Crippen LogP contribution in [0, 0.1) is 0 Å². The molecule has 1 fully saturated rings. The zero-order valence-electron chi connectivity index (χ0n) is 17.6. The summed E-state index contributed by atoms with van der Waals surface area (Å²) in [6.07, 6.45) is 2.91. The van der Waals surface area contributed by atoms with Crippen LogP contribution in [0.25, 0.3) is 0 Å². The maximum absolute atomic E-state index is 12.8. The molecule has 8 heteroatoms. The third-order valence-electron chi connectivity index (χ3n) is 5.90. The highest BCUT2D eigenvalue weighted by Crippen LogP contribution is 2.25. The second-order valence-electron chi connectivity index (χ2n) is 7.88. The molecule has 2 aliphatic heterocycles. The van der Waals surface area contributed by atoms with Crippen LogP contribution >= 0.6 is 11.6 Å². The molecular weight excluding hydrogens is 404 g/mol. The van der Waals surface area contributed by atoms with Crippen LogP contribution in [0.4, 0.5) is 0 Å². The number of aromatic nitrogens is 2. The Kier molecular flexibility index (Phi) is 6.61. The summed E-state index contributed by atoms with van der Waals surface area (Å²) in [5.41, 5.74) is 4.14. The van der Waals surface area contributed by atoms with E-state index in [-0.39, 0.29) is 11.9 Å². The van der Waals surface area contributed by atoms with Crippen molar-refractivity contribution < 1.29 is 14.3 Å². The predicted octanol–water partition coefficient (Wildman–Crippen LogP) is 3.03. The van der Waals surface area contributed by atoms with Gasteiger partial charge in [0.2, 0.25) is 0 Å². The van der Waals surface area contributed by atoms with E-state index < -0.39 is 0 Å². The van der Waals surface area contributed by atoms with Gasteiger partial charge < -0.3 is 14.8 Å². The van der Waals surface area contributed by atoms with Crippen LogP contribution in [0.15, 0.2) is 18.2 Å². The number of hydrogen-bond donors (Lipinski definition) is 1. The number of fused-ring (bicyclic) bond motifs is 1. The Morgan fingerprint density at radius 1 is 1.43 bits per heavy atom. The lowest BCUT2D eigenvalue weighted by Crippen LogP contribution is -2.47. The number of ether oxygens (including phenoxy) is 2. The van der Waals surface area contributed by atoms with E-state index in [1.807, 2.05) is 0 Å². The van der Waals surface area contributed by atoms with Gasteiger partial charge in [-0.2, -0.15) is 5.10 Å². The van der Waals surface area contributed by atoms with Gasteiger partial charge in [0.15, 0.2) is 0 Å². The number of rotatable bonds is 6. The van der Waals surface area contributed by atoms with Gasteiger partial charge in [-0.1, -0.05) is 11.6 Å². The Morgan fingerprint density at radius 3 is 3.10 bits per heavy atom. The number of amides is 1. The third kappa shape index (κ3) is 4.48. The summed E-state index contributed by atoms with van der Waals surface area (Å²) in [6.45, 7) is 7.00. The first-order chi connectivity index (χ1) is 14.6. The molecule has 2 aliphatic rings. The number of likely N-dealkylation sites (tertiary alicyclic amines) is 1. The molecule has 3 heterocycles.